The molecule has 2 heterocycles. The van der Waals surface area contributed by atoms with Crippen LogP contribution in [0.2, 0.25) is 0 Å². The van der Waals surface area contributed by atoms with Gasteiger partial charge >= 0.3 is 0 Å². The Kier molecular flexibility index (Phi) is 5.84. The molecular weight excluding hydrogens is 250 g/mol. The first kappa shape index (κ1) is 16.2. The number of piperidine rings is 1. The van der Waals surface area contributed by atoms with Gasteiger partial charge in [0.1, 0.15) is 0 Å². The maximum atomic E-state index is 6.16. The molecular formula is C16H33N3O. The Bertz CT molecular complexity index is 291. The van der Waals surface area contributed by atoms with E-state index in [0.29, 0.717) is 12.5 Å². The Balaban J connectivity index is 2.01. The molecule has 2 aliphatic rings. The number of hydrogen-bond acceptors (Lipinski definition) is 4. The Hall–Kier alpha value is -0.160. The van der Waals surface area contributed by atoms with Crippen LogP contribution < -0.4 is 5.73 Å². The predicted molar refractivity (Wildman–Crippen MR) is 83.9 cm³/mol. The van der Waals surface area contributed by atoms with E-state index < -0.39 is 0 Å². The molecule has 4 heteroatoms. The minimum atomic E-state index is 0.0132. The molecule has 2 unspecified atom stereocenters. The lowest BCUT2D eigenvalue weighted by Crippen LogP contribution is -2.60. The second kappa shape index (κ2) is 7.21. The molecule has 0 spiro atoms. The summed E-state index contributed by atoms with van der Waals surface area (Å²) in [6.07, 6.45) is 5.45. The molecule has 2 saturated heterocycles. The summed E-state index contributed by atoms with van der Waals surface area (Å²) in [7, 11) is 1.80. The van der Waals surface area contributed by atoms with Gasteiger partial charge in [-0.2, -0.15) is 0 Å². The van der Waals surface area contributed by atoms with Crippen LogP contribution in [-0.4, -0.2) is 67.8 Å². The van der Waals surface area contributed by atoms with Gasteiger partial charge in [-0.25, -0.2) is 0 Å². The largest absolute Gasteiger partial charge is 0.383 e. The van der Waals surface area contributed by atoms with Gasteiger partial charge in [0.25, 0.3) is 0 Å². The average Bonchev–Trinajstić information content (AvgIpc) is 2.95. The van der Waals surface area contributed by atoms with Crippen LogP contribution in [0.25, 0.3) is 0 Å². The molecule has 2 aliphatic heterocycles. The standard InChI is InChI=1S/C16H33N3O/c1-14(2)16(12-17,13-20-3)19-10-7-15(11-19)18-8-5-4-6-9-18/h14-15H,4-13,17H2,1-3H3. The first-order valence-electron chi connectivity index (χ1n) is 8.32. The van der Waals surface area contributed by atoms with Gasteiger partial charge in [0.05, 0.1) is 12.1 Å². The number of methoxy groups -OCH3 is 1. The first-order chi connectivity index (χ1) is 9.64. The second-order valence-electron chi connectivity index (χ2n) is 6.88. The van der Waals surface area contributed by atoms with E-state index >= 15 is 0 Å². The summed E-state index contributed by atoms with van der Waals surface area (Å²) in [4.78, 5) is 5.32. The predicted octanol–water partition coefficient (Wildman–Crippen LogP) is 1.55. The molecule has 0 bridgehead atoms. The molecule has 2 rings (SSSR count). The van der Waals surface area contributed by atoms with E-state index in [2.05, 4.69) is 23.6 Å². The SMILES string of the molecule is COCC(CN)(C(C)C)N1CCC(N2CCCCC2)C1. The number of nitrogens with zero attached hydrogens (tertiary/aromatic N) is 2. The fraction of sp³-hybridized carbons (Fsp3) is 1.00. The van der Waals surface area contributed by atoms with Crippen LogP contribution in [0.3, 0.4) is 0 Å². The van der Waals surface area contributed by atoms with Crippen molar-refractivity contribution >= 4 is 0 Å². The Morgan fingerprint density at radius 3 is 2.45 bits per heavy atom. The Morgan fingerprint density at radius 1 is 1.20 bits per heavy atom. The van der Waals surface area contributed by atoms with Crippen LogP contribution in [0.5, 0.6) is 0 Å². The smallest absolute Gasteiger partial charge is 0.0661 e. The second-order valence-corrected chi connectivity index (χ2v) is 6.88. The normalized spacial score (nSPS) is 28.9. The van der Waals surface area contributed by atoms with Crippen LogP contribution in [0.15, 0.2) is 0 Å². The van der Waals surface area contributed by atoms with E-state index in [0.717, 1.165) is 12.6 Å². The molecule has 0 radical (unpaired) electrons. The number of rotatable bonds is 6. The molecule has 4 nitrogen and oxygen atoms in total. The summed E-state index contributed by atoms with van der Waals surface area (Å²) in [5, 5.41) is 0. The number of hydrogen-bond donors (Lipinski definition) is 1. The summed E-state index contributed by atoms with van der Waals surface area (Å²) >= 11 is 0. The van der Waals surface area contributed by atoms with Crippen LogP contribution in [-0.2, 0) is 4.74 Å². The fourth-order valence-electron chi connectivity index (χ4n) is 4.02. The highest BCUT2D eigenvalue weighted by Gasteiger charge is 2.43. The minimum absolute atomic E-state index is 0.0132. The summed E-state index contributed by atoms with van der Waals surface area (Å²) in [5.41, 5.74) is 6.18. The van der Waals surface area contributed by atoms with E-state index in [1.165, 1.54) is 51.9 Å². The van der Waals surface area contributed by atoms with Crippen LogP contribution in [0.4, 0.5) is 0 Å². The molecule has 2 N–H and O–H groups in total. The highest BCUT2D eigenvalue weighted by atomic mass is 16.5. The van der Waals surface area contributed by atoms with Gasteiger partial charge in [-0.3, -0.25) is 9.80 Å². The summed E-state index contributed by atoms with van der Waals surface area (Å²) < 4.78 is 5.52. The third-order valence-corrected chi connectivity index (χ3v) is 5.52. The topological polar surface area (TPSA) is 41.7 Å². The number of ether oxygens (including phenoxy) is 1. The van der Waals surface area contributed by atoms with Crippen LogP contribution in [0.1, 0.15) is 39.5 Å². The monoisotopic (exact) mass is 283 g/mol. The van der Waals surface area contributed by atoms with Gasteiger partial charge < -0.3 is 10.5 Å². The van der Waals surface area contributed by atoms with Gasteiger partial charge in [0, 0.05) is 32.8 Å². The van der Waals surface area contributed by atoms with Crippen LogP contribution in [0, 0.1) is 5.92 Å². The van der Waals surface area contributed by atoms with Crippen molar-refractivity contribution in [3.8, 4) is 0 Å². The van der Waals surface area contributed by atoms with Crippen molar-refractivity contribution in [1.29, 1.82) is 0 Å². The number of likely N-dealkylation sites (tertiary alicyclic amines) is 2. The van der Waals surface area contributed by atoms with Gasteiger partial charge in [-0.05, 0) is 38.3 Å². The van der Waals surface area contributed by atoms with Crippen molar-refractivity contribution in [1.82, 2.24) is 9.80 Å². The van der Waals surface area contributed by atoms with E-state index in [1.807, 2.05) is 0 Å². The lowest BCUT2D eigenvalue weighted by molar-refractivity contribution is -0.00716. The van der Waals surface area contributed by atoms with Crippen molar-refractivity contribution in [3.63, 3.8) is 0 Å². The molecule has 0 amide bonds. The quantitative estimate of drug-likeness (QED) is 0.803. The molecule has 0 aromatic rings. The van der Waals surface area contributed by atoms with E-state index in [9.17, 15) is 0 Å². The molecule has 20 heavy (non-hydrogen) atoms. The van der Waals surface area contributed by atoms with Crippen molar-refractivity contribution in [2.24, 2.45) is 11.7 Å². The van der Waals surface area contributed by atoms with Crippen LogP contribution >= 0.6 is 0 Å². The molecule has 0 aromatic carbocycles. The third kappa shape index (κ3) is 3.19. The molecule has 118 valence electrons. The Labute approximate surface area is 124 Å². The summed E-state index contributed by atoms with van der Waals surface area (Å²) in [5.74, 6) is 0.521. The molecule has 2 atom stereocenters. The zero-order valence-corrected chi connectivity index (χ0v) is 13.6. The van der Waals surface area contributed by atoms with E-state index in [1.54, 1.807) is 7.11 Å². The van der Waals surface area contributed by atoms with Crippen molar-refractivity contribution in [2.75, 3.05) is 46.4 Å². The molecule has 0 aliphatic carbocycles. The first-order valence-corrected chi connectivity index (χ1v) is 8.32. The van der Waals surface area contributed by atoms with Gasteiger partial charge in [0.2, 0.25) is 0 Å². The van der Waals surface area contributed by atoms with Gasteiger partial charge in [0.15, 0.2) is 0 Å². The van der Waals surface area contributed by atoms with Crippen molar-refractivity contribution in [2.45, 2.75) is 51.1 Å². The Morgan fingerprint density at radius 2 is 1.90 bits per heavy atom. The van der Waals surface area contributed by atoms with Gasteiger partial charge in [-0.15, -0.1) is 0 Å². The lowest BCUT2D eigenvalue weighted by atomic mass is 9.85. The lowest BCUT2D eigenvalue weighted by Gasteiger charge is -2.44. The minimum Gasteiger partial charge on any atom is -0.383 e. The van der Waals surface area contributed by atoms with E-state index in [-0.39, 0.29) is 5.54 Å². The fourth-order valence-corrected chi connectivity index (χ4v) is 4.02. The average molecular weight is 283 g/mol. The van der Waals surface area contributed by atoms with Gasteiger partial charge in [-0.1, -0.05) is 20.3 Å². The molecule has 2 fully saturated rings. The zero-order chi connectivity index (χ0) is 14.6. The maximum Gasteiger partial charge on any atom is 0.0661 e. The zero-order valence-electron chi connectivity index (χ0n) is 13.6. The molecule has 0 saturated carbocycles. The van der Waals surface area contributed by atoms with Crippen molar-refractivity contribution in [3.05, 3.63) is 0 Å². The summed E-state index contributed by atoms with van der Waals surface area (Å²) in [6.45, 7) is 10.9. The third-order valence-electron chi connectivity index (χ3n) is 5.52. The highest BCUT2D eigenvalue weighted by Crippen LogP contribution is 2.31. The van der Waals surface area contributed by atoms with E-state index in [4.69, 9.17) is 10.5 Å². The summed E-state index contributed by atoms with van der Waals surface area (Å²) in [6, 6.07) is 0.733. The maximum absolute atomic E-state index is 6.16. The molecule has 0 aromatic heterocycles. The van der Waals surface area contributed by atoms with Crippen molar-refractivity contribution < 1.29 is 4.74 Å². The number of nitrogens with two attached hydrogens (primary N) is 1. The highest BCUT2D eigenvalue weighted by molar-refractivity contribution is 5.00.